The van der Waals surface area contributed by atoms with E-state index in [-0.39, 0.29) is 0 Å². The van der Waals surface area contributed by atoms with Gasteiger partial charge in [-0.15, -0.1) is 21.5 Å². The van der Waals surface area contributed by atoms with Crippen LogP contribution >= 0.6 is 23.1 Å². The first kappa shape index (κ1) is 11.6. The van der Waals surface area contributed by atoms with E-state index in [0.717, 1.165) is 29.4 Å². The summed E-state index contributed by atoms with van der Waals surface area (Å²) in [7, 11) is 1.95. The summed E-state index contributed by atoms with van der Waals surface area (Å²) in [6.45, 7) is 2.18. The van der Waals surface area contributed by atoms with Crippen molar-refractivity contribution in [2.75, 3.05) is 0 Å². The van der Waals surface area contributed by atoms with Gasteiger partial charge >= 0.3 is 0 Å². The highest BCUT2D eigenvalue weighted by atomic mass is 32.2. The summed E-state index contributed by atoms with van der Waals surface area (Å²) in [4.78, 5) is 4.57. The van der Waals surface area contributed by atoms with Crippen molar-refractivity contribution in [3.8, 4) is 0 Å². The van der Waals surface area contributed by atoms with E-state index in [1.165, 1.54) is 5.01 Å². The van der Waals surface area contributed by atoms with E-state index in [9.17, 15) is 0 Å². The normalized spacial score (nSPS) is 10.9. The van der Waals surface area contributed by atoms with Crippen molar-refractivity contribution in [1.82, 2.24) is 19.7 Å². The van der Waals surface area contributed by atoms with Crippen LogP contribution in [0.1, 0.15) is 24.0 Å². The van der Waals surface area contributed by atoms with Gasteiger partial charge in [0.05, 0.1) is 10.7 Å². The van der Waals surface area contributed by atoms with Crippen LogP contribution in [0.15, 0.2) is 16.9 Å². The Kier molecular flexibility index (Phi) is 3.95. The molecule has 2 rings (SSSR count). The topological polar surface area (TPSA) is 43.6 Å². The lowest BCUT2D eigenvalue weighted by Crippen LogP contribution is -1.90. The molecule has 4 nitrogen and oxygen atoms in total. The second-order valence-electron chi connectivity index (χ2n) is 3.50. The van der Waals surface area contributed by atoms with Crippen LogP contribution in [0.4, 0.5) is 0 Å². The number of hydrogen-bond acceptors (Lipinski definition) is 5. The predicted octanol–water partition coefficient (Wildman–Crippen LogP) is 2.52. The lowest BCUT2D eigenvalue weighted by atomic mass is 10.3. The van der Waals surface area contributed by atoms with Crippen molar-refractivity contribution in [1.29, 1.82) is 0 Å². The van der Waals surface area contributed by atoms with Gasteiger partial charge in [0.15, 0.2) is 5.16 Å². The van der Waals surface area contributed by atoms with Crippen molar-refractivity contribution in [2.45, 2.75) is 30.7 Å². The first-order valence-electron chi connectivity index (χ1n) is 5.19. The van der Waals surface area contributed by atoms with Crippen LogP contribution in [-0.4, -0.2) is 19.7 Å². The summed E-state index contributed by atoms with van der Waals surface area (Å²) in [5.41, 5.74) is 1.14. The number of thiazole rings is 1. The molecule has 0 atom stereocenters. The van der Waals surface area contributed by atoms with E-state index in [1.807, 2.05) is 11.6 Å². The van der Waals surface area contributed by atoms with Gasteiger partial charge < -0.3 is 4.57 Å². The van der Waals surface area contributed by atoms with Gasteiger partial charge in [0.25, 0.3) is 0 Å². The smallest absolute Gasteiger partial charge is 0.191 e. The molecule has 0 unspecified atom stereocenters. The number of hydrogen-bond donors (Lipinski definition) is 0. The molecule has 0 aliphatic heterocycles. The Balaban J connectivity index is 1.92. The number of aromatic nitrogens is 4. The molecule has 0 bridgehead atoms. The van der Waals surface area contributed by atoms with Crippen LogP contribution < -0.4 is 0 Å². The van der Waals surface area contributed by atoms with Crippen LogP contribution in [0.5, 0.6) is 0 Å². The van der Waals surface area contributed by atoms with Crippen LogP contribution in [0.2, 0.25) is 0 Å². The lowest BCUT2D eigenvalue weighted by Gasteiger charge is -1.97. The molecule has 2 aromatic rings. The summed E-state index contributed by atoms with van der Waals surface area (Å²) in [5, 5.41) is 12.2. The molecule has 2 aromatic heterocycles. The highest BCUT2D eigenvalue weighted by Crippen LogP contribution is 2.21. The Morgan fingerprint density at radius 3 is 3.06 bits per heavy atom. The van der Waals surface area contributed by atoms with E-state index in [2.05, 4.69) is 27.5 Å². The first-order chi connectivity index (χ1) is 7.79. The average molecular weight is 254 g/mol. The monoisotopic (exact) mass is 254 g/mol. The SMILES string of the molecule is CCCc1nc(CSc2nncn2C)cs1. The molecule has 0 fully saturated rings. The zero-order valence-corrected chi connectivity index (χ0v) is 11.0. The molecule has 0 aliphatic carbocycles. The molecule has 0 amide bonds. The Labute approximate surface area is 103 Å². The molecule has 0 aromatic carbocycles. The molecular formula is C10H14N4S2. The fraction of sp³-hybridized carbons (Fsp3) is 0.500. The minimum absolute atomic E-state index is 0.868. The van der Waals surface area contributed by atoms with Crippen molar-refractivity contribution in [3.63, 3.8) is 0 Å². The summed E-state index contributed by atoms with van der Waals surface area (Å²) in [6.07, 6.45) is 3.95. The molecule has 0 saturated heterocycles. The maximum Gasteiger partial charge on any atom is 0.191 e. The standard InChI is InChI=1S/C10H14N4S2/c1-3-4-9-12-8(5-15-9)6-16-10-13-11-7-14(10)2/h5,7H,3-4,6H2,1-2H3. The van der Waals surface area contributed by atoms with Crippen molar-refractivity contribution >= 4 is 23.1 Å². The Bertz CT molecular complexity index is 449. The van der Waals surface area contributed by atoms with Gasteiger partial charge in [-0.3, -0.25) is 0 Å². The molecule has 86 valence electrons. The van der Waals surface area contributed by atoms with Crippen LogP contribution in [-0.2, 0) is 19.2 Å². The van der Waals surface area contributed by atoms with Gasteiger partial charge in [0.1, 0.15) is 6.33 Å². The zero-order chi connectivity index (χ0) is 11.4. The van der Waals surface area contributed by atoms with Crippen LogP contribution in [0.25, 0.3) is 0 Å². The highest BCUT2D eigenvalue weighted by molar-refractivity contribution is 7.98. The number of rotatable bonds is 5. The molecule has 6 heteroatoms. The summed E-state index contributed by atoms with van der Waals surface area (Å²) >= 11 is 3.42. The summed E-state index contributed by atoms with van der Waals surface area (Å²) < 4.78 is 1.92. The molecule has 0 saturated carbocycles. The molecule has 0 aliphatic rings. The van der Waals surface area contributed by atoms with Gasteiger partial charge in [0, 0.05) is 18.2 Å². The predicted molar refractivity (Wildman–Crippen MR) is 66.7 cm³/mol. The van der Waals surface area contributed by atoms with E-state index < -0.39 is 0 Å². The quantitative estimate of drug-likeness (QED) is 0.769. The third kappa shape index (κ3) is 2.82. The molecule has 0 N–H and O–H groups in total. The summed E-state index contributed by atoms with van der Waals surface area (Å²) in [6, 6.07) is 0. The summed E-state index contributed by atoms with van der Waals surface area (Å²) in [5.74, 6) is 0.868. The Hall–Kier alpha value is -0.880. The average Bonchev–Trinajstić information content (AvgIpc) is 2.86. The number of thioether (sulfide) groups is 1. The lowest BCUT2D eigenvalue weighted by molar-refractivity contribution is 0.788. The zero-order valence-electron chi connectivity index (χ0n) is 9.38. The van der Waals surface area contributed by atoms with E-state index in [0.29, 0.717) is 0 Å². The van der Waals surface area contributed by atoms with Crippen molar-refractivity contribution in [2.24, 2.45) is 7.05 Å². The maximum absolute atomic E-state index is 4.57. The molecule has 16 heavy (non-hydrogen) atoms. The fourth-order valence-electron chi connectivity index (χ4n) is 1.29. The molecule has 2 heterocycles. The molecule has 0 spiro atoms. The molecular weight excluding hydrogens is 240 g/mol. The van der Waals surface area contributed by atoms with Gasteiger partial charge in [0.2, 0.25) is 0 Å². The maximum atomic E-state index is 4.57. The van der Waals surface area contributed by atoms with Gasteiger partial charge in [-0.2, -0.15) is 0 Å². The minimum atomic E-state index is 0.868. The highest BCUT2D eigenvalue weighted by Gasteiger charge is 2.05. The second-order valence-corrected chi connectivity index (χ2v) is 5.38. The van der Waals surface area contributed by atoms with E-state index in [1.54, 1.807) is 29.4 Å². The second kappa shape index (κ2) is 5.45. The van der Waals surface area contributed by atoms with Crippen molar-refractivity contribution in [3.05, 3.63) is 22.4 Å². The van der Waals surface area contributed by atoms with Crippen LogP contribution in [0.3, 0.4) is 0 Å². The largest absolute Gasteiger partial charge is 0.312 e. The molecule has 0 radical (unpaired) electrons. The first-order valence-corrected chi connectivity index (χ1v) is 7.06. The van der Waals surface area contributed by atoms with Crippen molar-refractivity contribution < 1.29 is 0 Å². The minimum Gasteiger partial charge on any atom is -0.312 e. The third-order valence-electron chi connectivity index (χ3n) is 2.08. The Morgan fingerprint density at radius 1 is 1.50 bits per heavy atom. The Morgan fingerprint density at radius 2 is 2.38 bits per heavy atom. The van der Waals surface area contributed by atoms with Gasteiger partial charge in [-0.25, -0.2) is 4.98 Å². The number of nitrogens with zero attached hydrogens (tertiary/aromatic N) is 4. The third-order valence-corrected chi connectivity index (χ3v) is 4.11. The van der Waals surface area contributed by atoms with E-state index in [4.69, 9.17) is 0 Å². The van der Waals surface area contributed by atoms with Crippen LogP contribution in [0, 0.1) is 0 Å². The fourth-order valence-corrected chi connectivity index (χ4v) is 3.07. The van der Waals surface area contributed by atoms with Gasteiger partial charge in [-0.05, 0) is 12.8 Å². The number of aryl methyl sites for hydroxylation is 2. The van der Waals surface area contributed by atoms with E-state index >= 15 is 0 Å². The van der Waals surface area contributed by atoms with Gasteiger partial charge in [-0.1, -0.05) is 18.7 Å².